The van der Waals surface area contributed by atoms with Gasteiger partial charge < -0.3 is 21.3 Å². The Labute approximate surface area is 103 Å². The number of anilines is 2. The van der Waals surface area contributed by atoms with E-state index in [2.05, 4.69) is 39.6 Å². The summed E-state index contributed by atoms with van der Waals surface area (Å²) in [6.45, 7) is 3.29. The SMILES string of the molecule is CN(C)CCCNc1cc(NCCN)ncn1. The molecular weight excluding hydrogens is 216 g/mol. The van der Waals surface area contributed by atoms with Gasteiger partial charge in [0.15, 0.2) is 0 Å². The van der Waals surface area contributed by atoms with E-state index in [0.717, 1.165) is 37.7 Å². The van der Waals surface area contributed by atoms with E-state index in [4.69, 9.17) is 5.73 Å². The zero-order valence-electron chi connectivity index (χ0n) is 10.6. The maximum Gasteiger partial charge on any atom is 0.131 e. The van der Waals surface area contributed by atoms with E-state index in [9.17, 15) is 0 Å². The zero-order valence-corrected chi connectivity index (χ0v) is 10.6. The van der Waals surface area contributed by atoms with E-state index in [-0.39, 0.29) is 0 Å². The highest BCUT2D eigenvalue weighted by molar-refractivity contribution is 5.46. The van der Waals surface area contributed by atoms with Crippen LogP contribution in [-0.2, 0) is 0 Å². The van der Waals surface area contributed by atoms with Crippen LogP contribution < -0.4 is 16.4 Å². The summed E-state index contributed by atoms with van der Waals surface area (Å²) in [5.41, 5.74) is 5.41. The van der Waals surface area contributed by atoms with Gasteiger partial charge in [-0.3, -0.25) is 0 Å². The molecule has 1 aromatic heterocycles. The van der Waals surface area contributed by atoms with Crippen molar-refractivity contribution in [3.8, 4) is 0 Å². The Morgan fingerprint density at radius 3 is 2.41 bits per heavy atom. The third kappa shape index (κ3) is 6.03. The van der Waals surface area contributed by atoms with Crippen LogP contribution >= 0.6 is 0 Å². The molecule has 6 nitrogen and oxygen atoms in total. The minimum Gasteiger partial charge on any atom is -0.370 e. The van der Waals surface area contributed by atoms with Crippen molar-refractivity contribution in [1.82, 2.24) is 14.9 Å². The molecule has 0 saturated carbocycles. The molecule has 0 spiro atoms. The van der Waals surface area contributed by atoms with E-state index in [1.165, 1.54) is 0 Å². The Balaban J connectivity index is 2.32. The predicted molar refractivity (Wildman–Crippen MR) is 71.2 cm³/mol. The highest BCUT2D eigenvalue weighted by Crippen LogP contribution is 2.07. The molecule has 4 N–H and O–H groups in total. The van der Waals surface area contributed by atoms with Crippen LogP contribution in [0.15, 0.2) is 12.4 Å². The molecule has 17 heavy (non-hydrogen) atoms. The van der Waals surface area contributed by atoms with Gasteiger partial charge in [0, 0.05) is 25.7 Å². The number of nitrogens with two attached hydrogens (primary N) is 1. The third-order valence-corrected chi connectivity index (χ3v) is 2.21. The number of nitrogens with zero attached hydrogens (tertiary/aromatic N) is 3. The zero-order chi connectivity index (χ0) is 12.5. The van der Waals surface area contributed by atoms with Crippen LogP contribution in [0, 0.1) is 0 Å². The van der Waals surface area contributed by atoms with Gasteiger partial charge in [-0.15, -0.1) is 0 Å². The van der Waals surface area contributed by atoms with Gasteiger partial charge in [0.2, 0.25) is 0 Å². The van der Waals surface area contributed by atoms with Crippen LogP contribution in [0.4, 0.5) is 11.6 Å². The minimum absolute atomic E-state index is 0.593. The summed E-state index contributed by atoms with van der Waals surface area (Å²) in [5, 5.41) is 6.39. The first kappa shape index (κ1) is 13.7. The number of aromatic nitrogens is 2. The molecule has 0 unspecified atom stereocenters. The molecule has 96 valence electrons. The van der Waals surface area contributed by atoms with Crippen molar-refractivity contribution in [2.75, 3.05) is 50.9 Å². The molecule has 0 saturated heterocycles. The number of rotatable bonds is 8. The lowest BCUT2D eigenvalue weighted by atomic mass is 10.4. The van der Waals surface area contributed by atoms with Gasteiger partial charge in [-0.05, 0) is 27.1 Å². The van der Waals surface area contributed by atoms with Crippen LogP contribution in [0.1, 0.15) is 6.42 Å². The van der Waals surface area contributed by atoms with Crippen molar-refractivity contribution in [1.29, 1.82) is 0 Å². The van der Waals surface area contributed by atoms with Gasteiger partial charge in [0.25, 0.3) is 0 Å². The summed E-state index contributed by atoms with van der Waals surface area (Å²) in [4.78, 5) is 10.4. The molecule has 0 amide bonds. The Kier molecular flexibility index (Phi) is 6.27. The van der Waals surface area contributed by atoms with Crippen molar-refractivity contribution in [3.05, 3.63) is 12.4 Å². The van der Waals surface area contributed by atoms with Crippen LogP contribution in [-0.4, -0.2) is 55.1 Å². The summed E-state index contributed by atoms with van der Waals surface area (Å²) in [7, 11) is 4.14. The minimum atomic E-state index is 0.593. The predicted octanol–water partition coefficient (Wildman–Crippen LogP) is 0.211. The molecule has 0 aliphatic heterocycles. The highest BCUT2D eigenvalue weighted by atomic mass is 15.1. The van der Waals surface area contributed by atoms with Gasteiger partial charge in [-0.25, -0.2) is 9.97 Å². The lowest BCUT2D eigenvalue weighted by molar-refractivity contribution is 0.405. The molecule has 0 bridgehead atoms. The maximum atomic E-state index is 5.41. The average molecular weight is 238 g/mol. The van der Waals surface area contributed by atoms with Gasteiger partial charge in [0.1, 0.15) is 18.0 Å². The largest absolute Gasteiger partial charge is 0.370 e. The van der Waals surface area contributed by atoms with Gasteiger partial charge in [0.05, 0.1) is 0 Å². The number of nitrogens with one attached hydrogen (secondary N) is 2. The first-order valence-electron chi connectivity index (χ1n) is 5.87. The molecule has 0 aromatic carbocycles. The lowest BCUT2D eigenvalue weighted by Crippen LogP contribution is -2.17. The molecule has 0 radical (unpaired) electrons. The molecule has 1 rings (SSSR count). The normalized spacial score (nSPS) is 10.6. The van der Waals surface area contributed by atoms with Crippen molar-refractivity contribution in [3.63, 3.8) is 0 Å². The molecule has 0 atom stereocenters. The van der Waals surface area contributed by atoms with Crippen LogP contribution in [0.3, 0.4) is 0 Å². The highest BCUT2D eigenvalue weighted by Gasteiger charge is 1.97. The van der Waals surface area contributed by atoms with Gasteiger partial charge >= 0.3 is 0 Å². The molecule has 0 aliphatic carbocycles. The maximum absolute atomic E-state index is 5.41. The Bertz CT molecular complexity index is 315. The molecule has 1 heterocycles. The first-order chi connectivity index (χ1) is 8.22. The Morgan fingerprint density at radius 1 is 1.18 bits per heavy atom. The average Bonchev–Trinajstić information content (AvgIpc) is 2.32. The molecule has 1 aromatic rings. The fourth-order valence-corrected chi connectivity index (χ4v) is 1.36. The number of hydrogen-bond acceptors (Lipinski definition) is 6. The van der Waals surface area contributed by atoms with Crippen molar-refractivity contribution >= 4 is 11.6 Å². The third-order valence-electron chi connectivity index (χ3n) is 2.21. The van der Waals surface area contributed by atoms with Crippen molar-refractivity contribution < 1.29 is 0 Å². The summed E-state index contributed by atoms with van der Waals surface area (Å²) in [6.07, 6.45) is 2.63. The van der Waals surface area contributed by atoms with Gasteiger partial charge in [-0.1, -0.05) is 0 Å². The first-order valence-corrected chi connectivity index (χ1v) is 5.87. The smallest absolute Gasteiger partial charge is 0.131 e. The topological polar surface area (TPSA) is 79.1 Å². The summed E-state index contributed by atoms with van der Waals surface area (Å²) in [6, 6.07) is 1.89. The second-order valence-electron chi connectivity index (χ2n) is 4.09. The molecule has 0 fully saturated rings. The lowest BCUT2D eigenvalue weighted by Gasteiger charge is -2.10. The van der Waals surface area contributed by atoms with Crippen molar-refractivity contribution in [2.24, 2.45) is 5.73 Å². The van der Waals surface area contributed by atoms with E-state index in [1.807, 2.05) is 6.07 Å². The van der Waals surface area contributed by atoms with E-state index in [1.54, 1.807) is 6.33 Å². The van der Waals surface area contributed by atoms with Crippen LogP contribution in [0.5, 0.6) is 0 Å². The standard InChI is InChI=1S/C11H22N6/c1-17(2)7-3-5-13-10-8-11(14-6-4-12)16-9-15-10/h8-9H,3-7,12H2,1-2H3,(H2,13,14,15,16). The fourth-order valence-electron chi connectivity index (χ4n) is 1.36. The van der Waals surface area contributed by atoms with E-state index in [0.29, 0.717) is 6.54 Å². The van der Waals surface area contributed by atoms with E-state index >= 15 is 0 Å². The molecule has 6 heteroatoms. The summed E-state index contributed by atoms with van der Waals surface area (Å²) in [5.74, 6) is 1.65. The monoisotopic (exact) mass is 238 g/mol. The van der Waals surface area contributed by atoms with Crippen molar-refractivity contribution in [2.45, 2.75) is 6.42 Å². The van der Waals surface area contributed by atoms with Crippen LogP contribution in [0.2, 0.25) is 0 Å². The Morgan fingerprint density at radius 2 is 1.82 bits per heavy atom. The van der Waals surface area contributed by atoms with E-state index < -0.39 is 0 Å². The van der Waals surface area contributed by atoms with Crippen LogP contribution in [0.25, 0.3) is 0 Å². The summed E-state index contributed by atoms with van der Waals surface area (Å²) < 4.78 is 0. The second-order valence-corrected chi connectivity index (χ2v) is 4.09. The molecular formula is C11H22N6. The Hall–Kier alpha value is -1.40. The fraction of sp³-hybridized carbons (Fsp3) is 0.636. The van der Waals surface area contributed by atoms with Gasteiger partial charge in [-0.2, -0.15) is 0 Å². The number of hydrogen-bond donors (Lipinski definition) is 3. The second kappa shape index (κ2) is 7.81. The quantitative estimate of drug-likeness (QED) is 0.562. The summed E-state index contributed by atoms with van der Waals surface area (Å²) >= 11 is 0. The molecule has 0 aliphatic rings.